The van der Waals surface area contributed by atoms with Crippen LogP contribution in [0.2, 0.25) is 5.02 Å². The smallest absolute Gasteiger partial charge is 0.313 e. The molecule has 0 aromatic heterocycles. The molecule has 21 heavy (non-hydrogen) atoms. The molecule has 2 rings (SSSR count). The Morgan fingerprint density at radius 1 is 1.43 bits per heavy atom. The minimum atomic E-state index is -0.798. The summed E-state index contributed by atoms with van der Waals surface area (Å²) in [4.78, 5) is 25.2. The molecule has 0 radical (unpaired) electrons. The van der Waals surface area contributed by atoms with E-state index in [1.54, 1.807) is 39.2 Å². The first-order chi connectivity index (χ1) is 9.88. The molecule has 0 N–H and O–H groups in total. The number of likely N-dealkylation sites (N-methyl/N-ethyl adjacent to an activating group) is 1. The summed E-state index contributed by atoms with van der Waals surface area (Å²) < 4.78 is 10.8. The van der Waals surface area contributed by atoms with Gasteiger partial charge in [-0.1, -0.05) is 11.6 Å². The molecule has 114 valence electrons. The Bertz CT molecular complexity index is 559. The van der Waals surface area contributed by atoms with E-state index in [0.29, 0.717) is 11.4 Å². The van der Waals surface area contributed by atoms with Crippen LogP contribution in [0.4, 0.5) is 0 Å². The fourth-order valence-electron chi connectivity index (χ4n) is 2.20. The van der Waals surface area contributed by atoms with Crippen molar-refractivity contribution in [3.8, 4) is 5.75 Å². The van der Waals surface area contributed by atoms with Crippen LogP contribution in [0.1, 0.15) is 12.5 Å². The van der Waals surface area contributed by atoms with E-state index < -0.39 is 18.0 Å². The molecule has 1 aliphatic heterocycles. The largest absolute Gasteiger partial charge is 0.492 e. The van der Waals surface area contributed by atoms with E-state index in [9.17, 15) is 9.59 Å². The summed E-state index contributed by atoms with van der Waals surface area (Å²) in [5, 5.41) is 0.600. The zero-order valence-electron chi connectivity index (χ0n) is 12.3. The van der Waals surface area contributed by atoms with Gasteiger partial charge in [-0.15, -0.1) is 0 Å². The first-order valence-electron chi connectivity index (χ1n) is 6.71. The number of rotatable bonds is 3. The number of esters is 1. The number of benzene rings is 1. The van der Waals surface area contributed by atoms with Crippen molar-refractivity contribution in [1.82, 2.24) is 4.90 Å². The lowest BCUT2D eigenvalue weighted by Crippen LogP contribution is -2.38. The Morgan fingerprint density at radius 2 is 2.14 bits per heavy atom. The Labute approximate surface area is 128 Å². The molecular formula is C15H18ClNO4. The van der Waals surface area contributed by atoms with Gasteiger partial charge in [0.15, 0.2) is 6.10 Å². The number of carbonyl (C=O) groups is 2. The molecule has 2 atom stereocenters. The predicted molar refractivity (Wildman–Crippen MR) is 78.4 cm³/mol. The molecule has 0 saturated heterocycles. The lowest BCUT2D eigenvalue weighted by atomic mass is 9.97. The second kappa shape index (κ2) is 6.35. The Balaban J connectivity index is 2.00. The highest BCUT2D eigenvalue weighted by atomic mass is 35.5. The minimum absolute atomic E-state index is 0.246. The van der Waals surface area contributed by atoms with E-state index in [1.165, 1.54) is 4.90 Å². The minimum Gasteiger partial charge on any atom is -0.492 e. The number of hydrogen-bond donors (Lipinski definition) is 0. The van der Waals surface area contributed by atoms with Crippen molar-refractivity contribution in [3.05, 3.63) is 28.8 Å². The van der Waals surface area contributed by atoms with Crippen molar-refractivity contribution in [2.24, 2.45) is 5.92 Å². The maximum Gasteiger partial charge on any atom is 0.313 e. The first-order valence-corrected chi connectivity index (χ1v) is 7.09. The number of amides is 1. The third-order valence-electron chi connectivity index (χ3n) is 3.34. The van der Waals surface area contributed by atoms with Crippen LogP contribution in [0.15, 0.2) is 18.2 Å². The SMILES string of the molecule is C[C@H](OC(=O)[C@@H]1COc2ccc(Cl)cc2C1)C(=O)N(C)C. The van der Waals surface area contributed by atoms with Crippen LogP contribution in [0, 0.1) is 5.92 Å². The van der Waals surface area contributed by atoms with Gasteiger partial charge >= 0.3 is 5.97 Å². The highest BCUT2D eigenvalue weighted by Gasteiger charge is 2.30. The summed E-state index contributed by atoms with van der Waals surface area (Å²) in [5.74, 6) is -0.360. The zero-order valence-corrected chi connectivity index (χ0v) is 13.0. The van der Waals surface area contributed by atoms with Crippen molar-refractivity contribution >= 4 is 23.5 Å². The fourth-order valence-corrected chi connectivity index (χ4v) is 2.39. The molecule has 0 spiro atoms. The highest BCUT2D eigenvalue weighted by molar-refractivity contribution is 6.30. The van der Waals surface area contributed by atoms with Gasteiger partial charge in [-0.3, -0.25) is 9.59 Å². The molecule has 0 aliphatic carbocycles. The van der Waals surface area contributed by atoms with E-state index in [-0.39, 0.29) is 12.5 Å². The van der Waals surface area contributed by atoms with Gasteiger partial charge in [0.1, 0.15) is 12.4 Å². The summed E-state index contributed by atoms with van der Waals surface area (Å²) >= 11 is 5.94. The average Bonchev–Trinajstić information content (AvgIpc) is 2.45. The molecule has 0 bridgehead atoms. The third kappa shape index (κ3) is 3.67. The van der Waals surface area contributed by atoms with Crippen molar-refractivity contribution in [2.75, 3.05) is 20.7 Å². The van der Waals surface area contributed by atoms with Gasteiger partial charge in [0.25, 0.3) is 5.91 Å². The van der Waals surface area contributed by atoms with E-state index in [2.05, 4.69) is 0 Å². The topological polar surface area (TPSA) is 55.8 Å². The van der Waals surface area contributed by atoms with Gasteiger partial charge in [0.05, 0.1) is 5.92 Å². The summed E-state index contributed by atoms with van der Waals surface area (Å²) in [6, 6.07) is 5.32. The van der Waals surface area contributed by atoms with Crippen LogP contribution in [0.5, 0.6) is 5.75 Å². The van der Waals surface area contributed by atoms with Gasteiger partial charge in [-0.25, -0.2) is 0 Å². The lowest BCUT2D eigenvalue weighted by molar-refractivity contribution is -0.162. The number of ether oxygens (including phenoxy) is 2. The van der Waals surface area contributed by atoms with Crippen LogP contribution in [0.3, 0.4) is 0 Å². The number of nitrogens with zero attached hydrogens (tertiary/aromatic N) is 1. The number of hydrogen-bond acceptors (Lipinski definition) is 4. The van der Waals surface area contributed by atoms with Crippen LogP contribution >= 0.6 is 11.6 Å². The van der Waals surface area contributed by atoms with E-state index in [0.717, 1.165) is 11.3 Å². The Kier molecular flexibility index (Phi) is 4.73. The standard InChI is InChI=1S/C15H18ClNO4/c1-9(14(18)17(2)3)21-15(19)11-6-10-7-12(16)4-5-13(10)20-8-11/h4-5,7,9,11H,6,8H2,1-3H3/t9-,11-/m0/s1. The normalized spacial score (nSPS) is 18.2. The van der Waals surface area contributed by atoms with Crippen molar-refractivity contribution < 1.29 is 19.1 Å². The van der Waals surface area contributed by atoms with Gasteiger partial charge in [0, 0.05) is 19.1 Å². The van der Waals surface area contributed by atoms with Crippen LogP contribution in [0.25, 0.3) is 0 Å². The van der Waals surface area contributed by atoms with Gasteiger partial charge < -0.3 is 14.4 Å². The molecule has 5 nitrogen and oxygen atoms in total. The number of fused-ring (bicyclic) bond motifs is 1. The van der Waals surface area contributed by atoms with Crippen LogP contribution in [-0.4, -0.2) is 43.6 Å². The molecule has 6 heteroatoms. The van der Waals surface area contributed by atoms with Gasteiger partial charge in [0.2, 0.25) is 0 Å². The van der Waals surface area contributed by atoms with E-state index in [1.807, 2.05) is 0 Å². The maximum absolute atomic E-state index is 12.1. The lowest BCUT2D eigenvalue weighted by Gasteiger charge is -2.25. The molecule has 1 aromatic rings. The highest BCUT2D eigenvalue weighted by Crippen LogP contribution is 2.30. The van der Waals surface area contributed by atoms with E-state index >= 15 is 0 Å². The fraction of sp³-hybridized carbons (Fsp3) is 0.467. The van der Waals surface area contributed by atoms with Crippen molar-refractivity contribution in [1.29, 1.82) is 0 Å². The van der Waals surface area contributed by atoms with E-state index in [4.69, 9.17) is 21.1 Å². The van der Waals surface area contributed by atoms with Gasteiger partial charge in [-0.2, -0.15) is 0 Å². The zero-order chi connectivity index (χ0) is 15.6. The quantitative estimate of drug-likeness (QED) is 0.800. The molecule has 0 saturated carbocycles. The number of carbonyl (C=O) groups excluding carboxylic acids is 2. The first kappa shape index (κ1) is 15.6. The molecule has 1 aliphatic rings. The average molecular weight is 312 g/mol. The molecular weight excluding hydrogens is 294 g/mol. The summed E-state index contributed by atoms with van der Waals surface area (Å²) in [6.45, 7) is 1.81. The summed E-state index contributed by atoms with van der Waals surface area (Å²) in [7, 11) is 3.24. The second-order valence-electron chi connectivity index (χ2n) is 5.28. The molecule has 1 heterocycles. The van der Waals surface area contributed by atoms with Crippen LogP contribution in [-0.2, 0) is 20.7 Å². The summed E-state index contributed by atoms with van der Waals surface area (Å²) in [5.41, 5.74) is 0.877. The molecule has 0 unspecified atom stereocenters. The monoisotopic (exact) mass is 311 g/mol. The summed E-state index contributed by atoms with van der Waals surface area (Å²) in [6.07, 6.45) is -0.300. The van der Waals surface area contributed by atoms with Gasteiger partial charge in [-0.05, 0) is 37.1 Å². The third-order valence-corrected chi connectivity index (χ3v) is 3.58. The molecule has 1 amide bonds. The molecule has 0 fully saturated rings. The van der Waals surface area contributed by atoms with Crippen molar-refractivity contribution in [2.45, 2.75) is 19.4 Å². The van der Waals surface area contributed by atoms with Crippen molar-refractivity contribution in [3.63, 3.8) is 0 Å². The predicted octanol–water partition coefficient (Wildman–Crippen LogP) is 1.91. The van der Waals surface area contributed by atoms with Crippen LogP contribution < -0.4 is 4.74 Å². The number of halogens is 1. The Morgan fingerprint density at radius 3 is 2.81 bits per heavy atom. The molecule has 1 aromatic carbocycles. The maximum atomic E-state index is 12.1. The Hall–Kier alpha value is -1.75. The second-order valence-corrected chi connectivity index (χ2v) is 5.71.